The van der Waals surface area contributed by atoms with Crippen molar-refractivity contribution in [3.05, 3.63) is 51.4 Å². The van der Waals surface area contributed by atoms with Crippen LogP contribution in [0.3, 0.4) is 0 Å². The number of aromatic nitrogens is 3. The maximum atomic E-state index is 12.2. The summed E-state index contributed by atoms with van der Waals surface area (Å²) in [6.07, 6.45) is 2.32. The third kappa shape index (κ3) is 4.68. The maximum Gasteiger partial charge on any atom is 0.258 e. The zero-order valence-corrected chi connectivity index (χ0v) is 18.7. The number of nitrogens with one attached hydrogen (secondary N) is 1. The molecule has 9 heteroatoms. The van der Waals surface area contributed by atoms with Crippen LogP contribution in [0.1, 0.15) is 30.8 Å². The number of carbonyl (C=O) groups is 1. The molecule has 6 nitrogen and oxygen atoms in total. The minimum absolute atomic E-state index is 0.0232. The second-order valence-electron chi connectivity index (χ2n) is 7.18. The van der Waals surface area contributed by atoms with E-state index >= 15 is 0 Å². The summed E-state index contributed by atoms with van der Waals surface area (Å²) in [6, 6.07) is 7.35. The van der Waals surface area contributed by atoms with E-state index in [0.29, 0.717) is 18.1 Å². The number of amides is 1. The summed E-state index contributed by atoms with van der Waals surface area (Å²) in [4.78, 5) is 35.2. The van der Waals surface area contributed by atoms with Gasteiger partial charge in [-0.15, -0.1) is 22.7 Å². The number of thiazole rings is 2. The van der Waals surface area contributed by atoms with Gasteiger partial charge >= 0.3 is 0 Å². The predicted molar refractivity (Wildman–Crippen MR) is 121 cm³/mol. The zero-order valence-electron chi connectivity index (χ0n) is 16.3. The van der Waals surface area contributed by atoms with Crippen LogP contribution in [0.2, 0.25) is 0 Å². The highest BCUT2D eigenvalue weighted by Gasteiger charge is 2.10. The Hall–Kier alpha value is -2.23. The lowest BCUT2D eigenvalue weighted by molar-refractivity contribution is -0.116. The van der Waals surface area contributed by atoms with Gasteiger partial charge in [0.1, 0.15) is 0 Å². The topological polar surface area (TPSA) is 76.4 Å². The Morgan fingerprint density at radius 2 is 2.07 bits per heavy atom. The van der Waals surface area contributed by atoms with Crippen LogP contribution in [0.15, 0.2) is 39.6 Å². The third-order valence-corrected chi connectivity index (χ3v) is 7.22. The molecule has 1 amide bonds. The first-order valence-electron chi connectivity index (χ1n) is 9.19. The van der Waals surface area contributed by atoms with Gasteiger partial charge in [-0.3, -0.25) is 14.0 Å². The number of anilines is 1. The molecule has 4 aromatic rings. The lowest BCUT2D eigenvalue weighted by atomic mass is 10.1. The van der Waals surface area contributed by atoms with Crippen molar-refractivity contribution < 1.29 is 4.79 Å². The number of rotatable bonds is 6. The van der Waals surface area contributed by atoms with Crippen LogP contribution in [0.4, 0.5) is 5.69 Å². The maximum absolute atomic E-state index is 12.2. The summed E-state index contributed by atoms with van der Waals surface area (Å²) < 4.78 is 3.52. The minimum Gasteiger partial charge on any atom is -0.326 e. The van der Waals surface area contributed by atoms with Crippen LogP contribution >= 0.6 is 34.4 Å². The summed E-state index contributed by atoms with van der Waals surface area (Å²) in [7, 11) is 0. The number of hydrogen-bond donors (Lipinski definition) is 1. The lowest BCUT2D eigenvalue weighted by Gasteiger charge is -2.06. The molecule has 0 fully saturated rings. The standard InChI is InChI=1S/C20H20N4O2S3/c1-11(2)6-17(25)21-13-4-5-15-16(7-13)29-20(23-15)27-10-14-8-18(26)24-9-12(3)28-19(24)22-14/h4-5,7-9,11H,6,10H2,1-3H3,(H,21,25). The summed E-state index contributed by atoms with van der Waals surface area (Å²) in [5, 5.41) is 2.94. The van der Waals surface area contributed by atoms with Crippen LogP contribution in [0.25, 0.3) is 15.2 Å². The molecule has 0 bridgehead atoms. The van der Waals surface area contributed by atoms with Crippen molar-refractivity contribution in [1.82, 2.24) is 14.4 Å². The van der Waals surface area contributed by atoms with E-state index in [1.54, 1.807) is 33.6 Å². The van der Waals surface area contributed by atoms with E-state index in [9.17, 15) is 9.59 Å². The zero-order chi connectivity index (χ0) is 20.5. The van der Waals surface area contributed by atoms with Gasteiger partial charge in [0, 0.05) is 35.0 Å². The molecule has 1 N–H and O–H groups in total. The number of fused-ring (bicyclic) bond motifs is 2. The van der Waals surface area contributed by atoms with E-state index in [4.69, 9.17) is 0 Å². The number of nitrogens with zero attached hydrogens (tertiary/aromatic N) is 3. The first-order chi connectivity index (χ1) is 13.9. The van der Waals surface area contributed by atoms with Crippen LogP contribution in [-0.4, -0.2) is 20.3 Å². The van der Waals surface area contributed by atoms with Crippen LogP contribution in [0.5, 0.6) is 0 Å². The van der Waals surface area contributed by atoms with Crippen molar-refractivity contribution in [2.45, 2.75) is 37.3 Å². The molecule has 0 aliphatic heterocycles. The molecule has 3 aromatic heterocycles. The highest BCUT2D eigenvalue weighted by atomic mass is 32.2. The monoisotopic (exact) mass is 444 g/mol. The molecular weight excluding hydrogens is 424 g/mol. The fraction of sp³-hybridized carbons (Fsp3) is 0.300. The van der Waals surface area contributed by atoms with E-state index in [1.165, 1.54) is 11.3 Å². The molecule has 0 atom stereocenters. The van der Waals surface area contributed by atoms with Gasteiger partial charge in [0.25, 0.3) is 5.56 Å². The van der Waals surface area contributed by atoms with Crippen molar-refractivity contribution in [3.63, 3.8) is 0 Å². The van der Waals surface area contributed by atoms with Gasteiger partial charge in [-0.05, 0) is 31.0 Å². The van der Waals surface area contributed by atoms with Gasteiger partial charge < -0.3 is 5.32 Å². The number of benzene rings is 1. The van der Waals surface area contributed by atoms with E-state index in [1.807, 2.05) is 45.2 Å². The van der Waals surface area contributed by atoms with E-state index in [-0.39, 0.29) is 11.5 Å². The van der Waals surface area contributed by atoms with Crippen LogP contribution in [-0.2, 0) is 10.5 Å². The van der Waals surface area contributed by atoms with Crippen molar-refractivity contribution in [2.24, 2.45) is 5.92 Å². The molecule has 0 aliphatic rings. The second kappa shape index (κ2) is 8.25. The smallest absolute Gasteiger partial charge is 0.258 e. The number of thioether (sulfide) groups is 1. The number of hydrogen-bond acceptors (Lipinski definition) is 7. The Morgan fingerprint density at radius 1 is 1.24 bits per heavy atom. The molecule has 29 heavy (non-hydrogen) atoms. The molecular formula is C20H20N4O2S3. The van der Waals surface area contributed by atoms with Crippen molar-refractivity contribution in [3.8, 4) is 0 Å². The second-order valence-corrected chi connectivity index (χ2v) is 10.6. The van der Waals surface area contributed by atoms with Crippen molar-refractivity contribution >= 4 is 61.2 Å². The molecule has 3 heterocycles. The third-order valence-electron chi connectivity index (χ3n) is 4.13. The van der Waals surface area contributed by atoms with Gasteiger partial charge in [-0.1, -0.05) is 25.6 Å². The Kier molecular flexibility index (Phi) is 5.71. The molecule has 1 aromatic carbocycles. The highest BCUT2D eigenvalue weighted by molar-refractivity contribution is 8.00. The fourth-order valence-electron chi connectivity index (χ4n) is 2.89. The molecule has 0 saturated heterocycles. The number of aryl methyl sites for hydroxylation is 1. The average Bonchev–Trinajstić information content (AvgIpc) is 3.21. The van der Waals surface area contributed by atoms with Gasteiger partial charge in [0.2, 0.25) is 5.91 Å². The van der Waals surface area contributed by atoms with Crippen molar-refractivity contribution in [2.75, 3.05) is 5.32 Å². The molecule has 0 spiro atoms. The molecule has 0 saturated carbocycles. The summed E-state index contributed by atoms with van der Waals surface area (Å²) in [6.45, 7) is 6.01. The molecule has 0 unspecified atom stereocenters. The fourth-order valence-corrected chi connectivity index (χ4v) is 5.74. The Morgan fingerprint density at radius 3 is 2.86 bits per heavy atom. The largest absolute Gasteiger partial charge is 0.326 e. The lowest BCUT2D eigenvalue weighted by Crippen LogP contribution is -2.13. The quantitative estimate of drug-likeness (QED) is 0.426. The van der Waals surface area contributed by atoms with Crippen molar-refractivity contribution in [1.29, 1.82) is 0 Å². The average molecular weight is 445 g/mol. The van der Waals surface area contributed by atoms with Crippen LogP contribution < -0.4 is 10.9 Å². The molecule has 0 aliphatic carbocycles. The van der Waals surface area contributed by atoms with Gasteiger partial charge in [0.15, 0.2) is 9.30 Å². The normalized spacial score (nSPS) is 11.6. The SMILES string of the molecule is Cc1cn2c(=O)cc(CSc3nc4ccc(NC(=O)CC(C)C)cc4s3)nc2s1. The predicted octanol–water partition coefficient (Wildman–Crippen LogP) is 4.95. The molecule has 4 rings (SSSR count). The van der Waals surface area contributed by atoms with Gasteiger partial charge in [0.05, 0.1) is 15.9 Å². The van der Waals surface area contributed by atoms with Gasteiger partial charge in [-0.2, -0.15) is 0 Å². The van der Waals surface area contributed by atoms with E-state index in [0.717, 1.165) is 35.8 Å². The Balaban J connectivity index is 1.48. The van der Waals surface area contributed by atoms with Crippen LogP contribution in [0, 0.1) is 12.8 Å². The summed E-state index contributed by atoms with van der Waals surface area (Å²) >= 11 is 4.65. The molecule has 150 valence electrons. The van der Waals surface area contributed by atoms with E-state index in [2.05, 4.69) is 15.3 Å². The summed E-state index contributed by atoms with van der Waals surface area (Å²) in [5.74, 6) is 0.930. The Bertz CT molecular complexity index is 1260. The molecule has 0 radical (unpaired) electrons. The Labute approximate surface area is 180 Å². The van der Waals surface area contributed by atoms with Gasteiger partial charge in [-0.25, -0.2) is 9.97 Å². The highest BCUT2D eigenvalue weighted by Crippen LogP contribution is 2.32. The first-order valence-corrected chi connectivity index (χ1v) is 11.8. The summed E-state index contributed by atoms with van der Waals surface area (Å²) in [5.41, 5.74) is 2.39. The van der Waals surface area contributed by atoms with E-state index < -0.39 is 0 Å². The number of carbonyl (C=O) groups excluding carboxylic acids is 1. The first kappa shape index (κ1) is 20.1. The minimum atomic E-state index is -0.0546.